The molecule has 0 heterocycles. The number of nitrogens with one attached hydrogen (secondary N) is 1. The quantitative estimate of drug-likeness (QED) is 0.513. The lowest BCUT2D eigenvalue weighted by atomic mass is 10.2. The van der Waals surface area contributed by atoms with E-state index in [1.807, 2.05) is 30.3 Å². The molecule has 1 unspecified atom stereocenters. The van der Waals surface area contributed by atoms with Gasteiger partial charge in [-0.15, -0.1) is 11.8 Å². The number of carbonyl (C=O) groups is 1. The Hall–Kier alpha value is -0.0900. The molecule has 0 fully saturated rings. The highest BCUT2D eigenvalue weighted by atomic mass is 35.6. The summed E-state index contributed by atoms with van der Waals surface area (Å²) in [6, 6.07) is 9.76. The standard InChI is InChI=1S/C10H10Cl3NOS/c11-10(12,13)9(14-7-15)16-6-8-4-2-1-3-5-8/h1-5,7,9H,6H2,(H,14,15). The van der Waals surface area contributed by atoms with Crippen LogP contribution in [-0.2, 0) is 10.5 Å². The summed E-state index contributed by atoms with van der Waals surface area (Å²) in [7, 11) is 0. The number of hydrogen-bond acceptors (Lipinski definition) is 2. The molecule has 6 heteroatoms. The number of halogens is 3. The number of rotatable bonds is 5. The molecule has 1 rings (SSSR count). The molecule has 0 aromatic heterocycles. The number of carbonyl (C=O) groups excluding carboxylic acids is 1. The Morgan fingerprint density at radius 3 is 2.44 bits per heavy atom. The zero-order chi connectivity index (χ0) is 12.0. The van der Waals surface area contributed by atoms with Gasteiger partial charge in [-0.05, 0) is 5.56 Å². The zero-order valence-corrected chi connectivity index (χ0v) is 11.3. The third-order valence-corrected chi connectivity index (χ3v) is 4.14. The Bertz CT molecular complexity index is 329. The van der Waals surface area contributed by atoms with Crippen LogP contribution in [0.4, 0.5) is 0 Å². The van der Waals surface area contributed by atoms with Crippen molar-refractivity contribution in [2.24, 2.45) is 0 Å². The molecular formula is C10H10Cl3NOS. The topological polar surface area (TPSA) is 29.1 Å². The van der Waals surface area contributed by atoms with Crippen molar-refractivity contribution in [1.29, 1.82) is 0 Å². The fourth-order valence-electron chi connectivity index (χ4n) is 1.05. The summed E-state index contributed by atoms with van der Waals surface area (Å²) in [6.07, 6.45) is 0.532. The van der Waals surface area contributed by atoms with Gasteiger partial charge >= 0.3 is 0 Å². The molecule has 0 bridgehead atoms. The van der Waals surface area contributed by atoms with E-state index in [9.17, 15) is 4.79 Å². The van der Waals surface area contributed by atoms with Crippen LogP contribution < -0.4 is 5.32 Å². The van der Waals surface area contributed by atoms with Crippen LogP contribution >= 0.6 is 46.6 Å². The maximum Gasteiger partial charge on any atom is 0.219 e. The lowest BCUT2D eigenvalue weighted by Gasteiger charge is -2.22. The molecule has 2 nitrogen and oxygen atoms in total. The van der Waals surface area contributed by atoms with Crippen molar-refractivity contribution in [3.05, 3.63) is 35.9 Å². The van der Waals surface area contributed by atoms with Gasteiger partial charge in [0.25, 0.3) is 0 Å². The summed E-state index contributed by atoms with van der Waals surface area (Å²) in [6.45, 7) is 0. The van der Waals surface area contributed by atoms with E-state index in [4.69, 9.17) is 34.8 Å². The van der Waals surface area contributed by atoms with Crippen LogP contribution in [0.1, 0.15) is 5.56 Å². The van der Waals surface area contributed by atoms with E-state index in [1.165, 1.54) is 11.8 Å². The largest absolute Gasteiger partial charge is 0.343 e. The van der Waals surface area contributed by atoms with Gasteiger partial charge in [0.1, 0.15) is 5.37 Å². The average Bonchev–Trinajstić information content (AvgIpc) is 2.24. The Balaban J connectivity index is 2.54. The minimum atomic E-state index is -1.51. The first-order valence-corrected chi connectivity index (χ1v) is 6.64. The van der Waals surface area contributed by atoms with Crippen molar-refractivity contribution < 1.29 is 4.79 Å². The van der Waals surface area contributed by atoms with E-state index in [1.54, 1.807) is 0 Å². The molecule has 1 N–H and O–H groups in total. The Morgan fingerprint density at radius 1 is 1.31 bits per heavy atom. The predicted octanol–water partition coefficient (Wildman–Crippen LogP) is 3.36. The van der Waals surface area contributed by atoms with Gasteiger partial charge in [-0.2, -0.15) is 0 Å². The summed E-state index contributed by atoms with van der Waals surface area (Å²) in [5.74, 6) is 0.667. The van der Waals surface area contributed by atoms with Crippen molar-refractivity contribution in [3.63, 3.8) is 0 Å². The van der Waals surface area contributed by atoms with Gasteiger partial charge in [0, 0.05) is 5.75 Å². The molecule has 0 radical (unpaired) electrons. The third kappa shape index (κ3) is 4.83. The lowest BCUT2D eigenvalue weighted by Crippen LogP contribution is -2.36. The highest BCUT2D eigenvalue weighted by molar-refractivity contribution is 7.99. The van der Waals surface area contributed by atoms with Crippen molar-refractivity contribution in [3.8, 4) is 0 Å². The number of amides is 1. The van der Waals surface area contributed by atoms with Crippen molar-refractivity contribution >= 4 is 53.0 Å². The van der Waals surface area contributed by atoms with Crippen molar-refractivity contribution in [2.45, 2.75) is 14.9 Å². The monoisotopic (exact) mass is 297 g/mol. The normalized spacial score (nSPS) is 13.2. The van der Waals surface area contributed by atoms with Crippen LogP contribution in [0.2, 0.25) is 0 Å². The lowest BCUT2D eigenvalue weighted by molar-refractivity contribution is -0.109. The summed E-state index contributed by atoms with van der Waals surface area (Å²) in [4.78, 5) is 10.4. The molecule has 1 atom stereocenters. The van der Waals surface area contributed by atoms with E-state index < -0.39 is 9.17 Å². The van der Waals surface area contributed by atoms with E-state index in [-0.39, 0.29) is 0 Å². The highest BCUT2D eigenvalue weighted by Gasteiger charge is 2.32. The van der Waals surface area contributed by atoms with Gasteiger partial charge in [0.2, 0.25) is 10.2 Å². The Morgan fingerprint density at radius 2 is 1.94 bits per heavy atom. The van der Waals surface area contributed by atoms with Gasteiger partial charge in [-0.25, -0.2) is 0 Å². The minimum absolute atomic E-state index is 0.532. The first-order chi connectivity index (χ1) is 7.54. The maximum atomic E-state index is 10.4. The van der Waals surface area contributed by atoms with Crippen molar-refractivity contribution in [2.75, 3.05) is 0 Å². The molecule has 0 saturated carbocycles. The molecule has 1 aromatic rings. The Labute approximate surface area is 114 Å². The fourth-order valence-corrected chi connectivity index (χ4v) is 2.70. The SMILES string of the molecule is O=CNC(SCc1ccccc1)C(Cl)(Cl)Cl. The highest BCUT2D eigenvalue weighted by Crippen LogP contribution is 2.37. The maximum absolute atomic E-state index is 10.4. The van der Waals surface area contributed by atoms with Crippen LogP contribution in [-0.4, -0.2) is 15.6 Å². The van der Waals surface area contributed by atoms with Gasteiger partial charge in [0.15, 0.2) is 0 Å². The summed E-state index contributed by atoms with van der Waals surface area (Å²) in [5, 5.41) is 1.92. The Kier molecular flexibility index (Phi) is 5.76. The smallest absolute Gasteiger partial charge is 0.219 e. The molecule has 1 aromatic carbocycles. The average molecular weight is 299 g/mol. The van der Waals surface area contributed by atoms with Gasteiger partial charge < -0.3 is 5.32 Å². The summed E-state index contributed by atoms with van der Waals surface area (Å²) >= 11 is 18.6. The molecule has 1 amide bonds. The number of thioether (sulfide) groups is 1. The number of alkyl halides is 3. The van der Waals surface area contributed by atoms with Gasteiger partial charge in [0.05, 0.1) is 0 Å². The molecule has 0 aliphatic carbocycles. The number of hydrogen-bond donors (Lipinski definition) is 1. The van der Waals surface area contributed by atoms with Crippen LogP contribution in [0.3, 0.4) is 0 Å². The minimum Gasteiger partial charge on any atom is -0.343 e. The zero-order valence-electron chi connectivity index (χ0n) is 8.20. The molecule has 16 heavy (non-hydrogen) atoms. The van der Waals surface area contributed by atoms with E-state index in [0.717, 1.165) is 5.56 Å². The van der Waals surface area contributed by atoms with E-state index in [2.05, 4.69) is 5.32 Å². The molecule has 0 aliphatic heterocycles. The fraction of sp³-hybridized carbons (Fsp3) is 0.300. The molecule has 88 valence electrons. The molecular weight excluding hydrogens is 289 g/mol. The van der Waals surface area contributed by atoms with Crippen LogP contribution in [0.25, 0.3) is 0 Å². The van der Waals surface area contributed by atoms with Gasteiger partial charge in [-0.1, -0.05) is 65.1 Å². The van der Waals surface area contributed by atoms with Crippen LogP contribution in [0.5, 0.6) is 0 Å². The van der Waals surface area contributed by atoms with E-state index in [0.29, 0.717) is 12.2 Å². The van der Waals surface area contributed by atoms with Crippen LogP contribution in [0, 0.1) is 0 Å². The predicted molar refractivity (Wildman–Crippen MR) is 71.0 cm³/mol. The second-order valence-corrected chi connectivity index (χ2v) is 6.47. The summed E-state index contributed by atoms with van der Waals surface area (Å²) in [5.41, 5.74) is 1.11. The van der Waals surface area contributed by atoms with Crippen molar-refractivity contribution in [1.82, 2.24) is 5.32 Å². The molecule has 0 aliphatic rings. The first kappa shape index (κ1) is 14.0. The number of benzene rings is 1. The van der Waals surface area contributed by atoms with E-state index >= 15 is 0 Å². The first-order valence-electron chi connectivity index (χ1n) is 4.46. The van der Waals surface area contributed by atoms with Gasteiger partial charge in [-0.3, -0.25) is 4.79 Å². The molecule has 0 saturated heterocycles. The third-order valence-electron chi connectivity index (χ3n) is 1.78. The second-order valence-electron chi connectivity index (χ2n) is 3.00. The summed E-state index contributed by atoms with van der Waals surface area (Å²) < 4.78 is -1.51. The molecule has 0 spiro atoms. The second kappa shape index (κ2) is 6.60. The van der Waals surface area contributed by atoms with Crippen LogP contribution in [0.15, 0.2) is 30.3 Å².